The third-order valence-corrected chi connectivity index (χ3v) is 3.21. The number of aryl methyl sites for hydroxylation is 2. The Bertz CT molecular complexity index is 565. The van der Waals surface area contributed by atoms with E-state index in [0.29, 0.717) is 17.5 Å². The number of nitrogens with two attached hydrogens (primary N) is 1. The van der Waals surface area contributed by atoms with Crippen LogP contribution in [0.25, 0.3) is 11.3 Å². The summed E-state index contributed by atoms with van der Waals surface area (Å²) >= 11 is 0. The molecule has 4 heteroatoms. The van der Waals surface area contributed by atoms with Gasteiger partial charge < -0.3 is 10.8 Å². The number of anilines is 1. The van der Waals surface area contributed by atoms with E-state index in [1.54, 1.807) is 17.8 Å². The normalized spacial score (nSPS) is 11.2. The van der Waals surface area contributed by atoms with Crippen LogP contribution in [0.3, 0.4) is 0 Å². The highest BCUT2D eigenvalue weighted by atomic mass is 16.3. The fourth-order valence-corrected chi connectivity index (χ4v) is 2.07. The predicted molar refractivity (Wildman–Crippen MR) is 73.5 cm³/mol. The number of nitrogen functional groups attached to an aromatic ring is 1. The van der Waals surface area contributed by atoms with E-state index in [1.807, 2.05) is 19.1 Å². The zero-order valence-electron chi connectivity index (χ0n) is 11.2. The monoisotopic (exact) mass is 245 g/mol. The first kappa shape index (κ1) is 12.5. The average Bonchev–Trinajstić information content (AvgIpc) is 2.62. The number of nitrogens with zero attached hydrogens (tertiary/aromatic N) is 2. The lowest BCUT2D eigenvalue weighted by atomic mass is 9.92. The third-order valence-electron chi connectivity index (χ3n) is 3.21. The van der Waals surface area contributed by atoms with Crippen molar-refractivity contribution in [2.24, 2.45) is 7.05 Å². The molecule has 0 aliphatic rings. The van der Waals surface area contributed by atoms with E-state index in [1.165, 1.54) is 0 Å². The van der Waals surface area contributed by atoms with Gasteiger partial charge in [0.05, 0.1) is 5.69 Å². The molecule has 1 aromatic carbocycles. The van der Waals surface area contributed by atoms with Gasteiger partial charge in [0.1, 0.15) is 11.6 Å². The molecule has 2 rings (SSSR count). The molecular weight excluding hydrogens is 226 g/mol. The molecule has 96 valence electrons. The van der Waals surface area contributed by atoms with Gasteiger partial charge in [-0.05, 0) is 24.0 Å². The molecule has 0 radical (unpaired) electrons. The summed E-state index contributed by atoms with van der Waals surface area (Å²) in [6, 6.07) is 5.76. The summed E-state index contributed by atoms with van der Waals surface area (Å²) in [5, 5.41) is 14.6. The Hall–Kier alpha value is -1.97. The fourth-order valence-electron chi connectivity index (χ4n) is 2.07. The zero-order valence-corrected chi connectivity index (χ0v) is 11.2. The van der Waals surface area contributed by atoms with Crippen LogP contribution in [-0.2, 0) is 7.05 Å². The first-order chi connectivity index (χ1) is 8.41. The molecular formula is C14H19N3O. The van der Waals surface area contributed by atoms with Gasteiger partial charge in [0.15, 0.2) is 0 Å². The Balaban J connectivity index is 2.71. The molecule has 0 bridgehead atoms. The second-order valence-corrected chi connectivity index (χ2v) is 4.93. The van der Waals surface area contributed by atoms with Crippen LogP contribution in [-0.4, -0.2) is 14.9 Å². The molecule has 0 unspecified atom stereocenters. The highest BCUT2D eigenvalue weighted by molar-refractivity contribution is 5.74. The number of phenols is 1. The molecule has 3 N–H and O–H groups in total. The lowest BCUT2D eigenvalue weighted by molar-refractivity contribution is 0.471. The Labute approximate surface area is 107 Å². The van der Waals surface area contributed by atoms with Crippen LogP contribution < -0.4 is 5.73 Å². The maximum atomic E-state index is 10.3. The minimum Gasteiger partial charge on any atom is -0.507 e. The topological polar surface area (TPSA) is 64.1 Å². The van der Waals surface area contributed by atoms with E-state index >= 15 is 0 Å². The van der Waals surface area contributed by atoms with E-state index in [0.717, 1.165) is 22.4 Å². The summed E-state index contributed by atoms with van der Waals surface area (Å²) < 4.78 is 1.61. The van der Waals surface area contributed by atoms with Crippen LogP contribution in [0.5, 0.6) is 5.75 Å². The van der Waals surface area contributed by atoms with Crippen molar-refractivity contribution in [2.75, 3.05) is 5.73 Å². The van der Waals surface area contributed by atoms with Crippen molar-refractivity contribution in [3.05, 3.63) is 29.3 Å². The van der Waals surface area contributed by atoms with Gasteiger partial charge in [0.2, 0.25) is 0 Å². The van der Waals surface area contributed by atoms with E-state index < -0.39 is 0 Å². The fraction of sp³-hybridized carbons (Fsp3) is 0.357. The number of aromatic nitrogens is 2. The highest BCUT2D eigenvalue weighted by Crippen LogP contribution is 2.38. The molecule has 2 aromatic rings. The van der Waals surface area contributed by atoms with Crippen LogP contribution in [0.1, 0.15) is 30.9 Å². The van der Waals surface area contributed by atoms with Crippen LogP contribution in [0.4, 0.5) is 5.82 Å². The highest BCUT2D eigenvalue weighted by Gasteiger charge is 2.17. The quantitative estimate of drug-likeness (QED) is 0.855. The lowest BCUT2D eigenvalue weighted by Crippen LogP contribution is -1.98. The molecule has 4 nitrogen and oxygen atoms in total. The standard InChI is InChI=1S/C14H19N3O/c1-8(2)10-6-5-9(3)14(18)13(10)11-7-12(15)17(4)16-11/h5-8,18H,15H2,1-4H3. The smallest absolute Gasteiger partial charge is 0.128 e. The lowest BCUT2D eigenvalue weighted by Gasteiger charge is -2.14. The van der Waals surface area contributed by atoms with Gasteiger partial charge in [-0.2, -0.15) is 5.10 Å². The van der Waals surface area contributed by atoms with Gasteiger partial charge in [0.25, 0.3) is 0 Å². The van der Waals surface area contributed by atoms with E-state index in [4.69, 9.17) is 5.73 Å². The van der Waals surface area contributed by atoms with Crippen LogP contribution >= 0.6 is 0 Å². The molecule has 0 saturated carbocycles. The van der Waals surface area contributed by atoms with Crippen molar-refractivity contribution < 1.29 is 5.11 Å². The minimum atomic E-state index is 0.291. The van der Waals surface area contributed by atoms with Crippen molar-refractivity contribution in [3.63, 3.8) is 0 Å². The van der Waals surface area contributed by atoms with Crippen molar-refractivity contribution >= 4 is 5.82 Å². The average molecular weight is 245 g/mol. The first-order valence-corrected chi connectivity index (χ1v) is 6.04. The SMILES string of the molecule is Cc1ccc(C(C)C)c(-c2cc(N)n(C)n2)c1O. The molecule has 0 spiro atoms. The van der Waals surface area contributed by atoms with Crippen LogP contribution in [0.2, 0.25) is 0 Å². The molecule has 0 amide bonds. The summed E-state index contributed by atoms with van der Waals surface area (Å²) in [5.74, 6) is 1.19. The Morgan fingerprint density at radius 2 is 2.00 bits per heavy atom. The molecule has 1 heterocycles. The van der Waals surface area contributed by atoms with Crippen molar-refractivity contribution in [2.45, 2.75) is 26.7 Å². The molecule has 0 fully saturated rings. The second kappa shape index (κ2) is 4.37. The first-order valence-electron chi connectivity index (χ1n) is 6.04. The van der Waals surface area contributed by atoms with Crippen LogP contribution in [0.15, 0.2) is 18.2 Å². The number of phenolic OH excluding ortho intramolecular Hbond substituents is 1. The number of aromatic hydroxyl groups is 1. The maximum absolute atomic E-state index is 10.3. The van der Waals surface area contributed by atoms with E-state index in [9.17, 15) is 5.11 Å². The van der Waals surface area contributed by atoms with Crippen molar-refractivity contribution in [1.82, 2.24) is 9.78 Å². The van der Waals surface area contributed by atoms with Crippen molar-refractivity contribution in [3.8, 4) is 17.0 Å². The minimum absolute atomic E-state index is 0.291. The summed E-state index contributed by atoms with van der Waals surface area (Å²) in [6.45, 7) is 6.08. The Morgan fingerprint density at radius 1 is 1.33 bits per heavy atom. The summed E-state index contributed by atoms with van der Waals surface area (Å²) in [4.78, 5) is 0. The summed E-state index contributed by atoms with van der Waals surface area (Å²) in [5.41, 5.74) is 9.25. The molecule has 0 saturated heterocycles. The van der Waals surface area contributed by atoms with Gasteiger partial charge in [-0.3, -0.25) is 4.68 Å². The van der Waals surface area contributed by atoms with Crippen LogP contribution in [0, 0.1) is 6.92 Å². The summed E-state index contributed by atoms with van der Waals surface area (Å²) in [6.07, 6.45) is 0. The number of rotatable bonds is 2. The maximum Gasteiger partial charge on any atom is 0.128 e. The molecule has 18 heavy (non-hydrogen) atoms. The van der Waals surface area contributed by atoms with Gasteiger partial charge in [-0.25, -0.2) is 0 Å². The van der Waals surface area contributed by atoms with Crippen molar-refractivity contribution in [1.29, 1.82) is 0 Å². The van der Waals surface area contributed by atoms with Gasteiger partial charge >= 0.3 is 0 Å². The molecule has 0 atom stereocenters. The number of benzene rings is 1. The third kappa shape index (κ3) is 1.94. The molecule has 1 aromatic heterocycles. The zero-order chi connectivity index (χ0) is 13.4. The number of hydrogen-bond acceptors (Lipinski definition) is 3. The van der Waals surface area contributed by atoms with E-state index in [2.05, 4.69) is 18.9 Å². The largest absolute Gasteiger partial charge is 0.507 e. The second-order valence-electron chi connectivity index (χ2n) is 4.93. The van der Waals surface area contributed by atoms with Gasteiger partial charge in [-0.15, -0.1) is 0 Å². The van der Waals surface area contributed by atoms with Gasteiger partial charge in [-0.1, -0.05) is 26.0 Å². The molecule has 0 aliphatic carbocycles. The molecule has 0 aliphatic heterocycles. The Morgan fingerprint density at radius 3 is 2.50 bits per heavy atom. The predicted octanol–water partition coefficient (Wildman–Crippen LogP) is 2.81. The van der Waals surface area contributed by atoms with E-state index in [-0.39, 0.29) is 0 Å². The Kier molecular flexibility index (Phi) is 3.03. The van der Waals surface area contributed by atoms with Gasteiger partial charge in [0, 0.05) is 18.7 Å². The number of hydrogen-bond donors (Lipinski definition) is 2. The summed E-state index contributed by atoms with van der Waals surface area (Å²) in [7, 11) is 1.79.